The zero-order valence-electron chi connectivity index (χ0n) is 14.5. The molecule has 4 heteroatoms. The Labute approximate surface area is 146 Å². The Morgan fingerprint density at radius 2 is 1.80 bits per heavy atom. The molecule has 0 saturated heterocycles. The van der Waals surface area contributed by atoms with Crippen LogP contribution in [0.5, 0.6) is 5.75 Å². The van der Waals surface area contributed by atoms with Gasteiger partial charge in [-0.05, 0) is 61.1 Å². The number of allylic oxidation sites excluding steroid dienone is 2. The minimum absolute atomic E-state index is 0.0839. The van der Waals surface area contributed by atoms with Gasteiger partial charge in [0, 0.05) is 11.1 Å². The lowest BCUT2D eigenvalue weighted by atomic mass is 9.87. The second kappa shape index (κ2) is 7.34. The second-order valence-corrected chi connectivity index (χ2v) is 6.39. The van der Waals surface area contributed by atoms with Gasteiger partial charge in [0.1, 0.15) is 5.82 Å². The van der Waals surface area contributed by atoms with Gasteiger partial charge in [0.25, 0.3) is 0 Å². The molecule has 0 aromatic heterocycles. The Morgan fingerprint density at radius 1 is 1.00 bits per heavy atom. The van der Waals surface area contributed by atoms with Crippen molar-refractivity contribution in [3.63, 3.8) is 0 Å². The van der Waals surface area contributed by atoms with Gasteiger partial charge >= 0.3 is 0 Å². The number of ether oxygens (including phenoxy) is 1. The molecule has 3 rings (SSSR count). The molecule has 1 nitrogen and oxygen atoms in total. The number of methoxy groups -OCH3 is 1. The zero-order valence-corrected chi connectivity index (χ0v) is 14.5. The zero-order chi connectivity index (χ0) is 18.0. The van der Waals surface area contributed by atoms with E-state index in [4.69, 9.17) is 4.74 Å². The van der Waals surface area contributed by atoms with Crippen molar-refractivity contribution in [3.05, 3.63) is 64.5 Å². The number of rotatable bonds is 5. The molecule has 2 aromatic carbocycles. The molecule has 0 heterocycles. The molecular weight excluding hydrogens is 325 g/mol. The largest absolute Gasteiger partial charge is 0.494 e. The Hall–Kier alpha value is -2.23. The minimum atomic E-state index is -1.10. The molecule has 0 aliphatic heterocycles. The second-order valence-electron chi connectivity index (χ2n) is 6.39. The first kappa shape index (κ1) is 17.6. The van der Waals surface area contributed by atoms with Crippen LogP contribution in [0.1, 0.15) is 37.3 Å². The van der Waals surface area contributed by atoms with Gasteiger partial charge in [-0.15, -0.1) is 0 Å². The summed E-state index contributed by atoms with van der Waals surface area (Å²) in [6.07, 6.45) is 6.87. The lowest BCUT2D eigenvalue weighted by Crippen LogP contribution is -2.06. The van der Waals surface area contributed by atoms with E-state index in [1.54, 1.807) is 6.07 Å². The Balaban J connectivity index is 1.97. The maximum absolute atomic E-state index is 14.6. The number of hydrogen-bond acceptors (Lipinski definition) is 1. The summed E-state index contributed by atoms with van der Waals surface area (Å²) in [5, 5.41) is 0. The third-order valence-corrected chi connectivity index (χ3v) is 4.73. The van der Waals surface area contributed by atoms with Crippen molar-refractivity contribution < 1.29 is 17.9 Å². The number of fused-ring (bicyclic) bond motifs is 1. The summed E-state index contributed by atoms with van der Waals surface area (Å²) in [5.41, 5.74) is 3.22. The third-order valence-electron chi connectivity index (χ3n) is 4.73. The van der Waals surface area contributed by atoms with Gasteiger partial charge in [-0.2, -0.15) is 4.39 Å². The van der Waals surface area contributed by atoms with Gasteiger partial charge in [-0.1, -0.05) is 25.0 Å². The molecule has 1 aliphatic carbocycles. The topological polar surface area (TPSA) is 9.23 Å². The fraction of sp³-hybridized carbons (Fsp3) is 0.333. The molecule has 0 bridgehead atoms. The highest BCUT2D eigenvalue weighted by Gasteiger charge is 2.20. The highest BCUT2D eigenvalue weighted by Crippen LogP contribution is 2.34. The van der Waals surface area contributed by atoms with Crippen molar-refractivity contribution >= 4 is 0 Å². The van der Waals surface area contributed by atoms with Crippen LogP contribution in [0.2, 0.25) is 0 Å². The summed E-state index contributed by atoms with van der Waals surface area (Å²) in [7, 11) is 1.26. The van der Waals surface area contributed by atoms with Crippen LogP contribution in [0.3, 0.4) is 0 Å². The molecular formula is C21H21F3O. The number of halogens is 3. The van der Waals surface area contributed by atoms with Crippen LogP contribution in [0.15, 0.2) is 35.9 Å². The number of unbranched alkanes of at least 4 members (excludes halogenated alkanes) is 1. The van der Waals surface area contributed by atoms with Crippen LogP contribution in [0.25, 0.3) is 11.1 Å². The molecule has 25 heavy (non-hydrogen) atoms. The van der Waals surface area contributed by atoms with Crippen LogP contribution in [-0.4, -0.2) is 7.11 Å². The predicted octanol–water partition coefficient (Wildman–Crippen LogP) is 5.99. The average Bonchev–Trinajstić information content (AvgIpc) is 2.62. The van der Waals surface area contributed by atoms with Crippen LogP contribution < -0.4 is 4.74 Å². The number of hydrogen-bond donors (Lipinski definition) is 0. The van der Waals surface area contributed by atoms with E-state index >= 15 is 0 Å². The van der Waals surface area contributed by atoms with E-state index in [2.05, 4.69) is 13.0 Å². The molecule has 0 radical (unpaired) electrons. The Kier molecular flexibility index (Phi) is 5.16. The quantitative estimate of drug-likeness (QED) is 0.604. The van der Waals surface area contributed by atoms with Gasteiger partial charge in [-0.3, -0.25) is 0 Å². The molecule has 0 amide bonds. The standard InChI is InChI=1S/C21H21F3O/c1-3-4-5-13-6-7-14-11-17(18(22)12-15(14)10-13)16-8-9-19(25-2)21(24)20(16)23/h6,8-9,11-12H,3-5,7,10H2,1-2H3. The van der Waals surface area contributed by atoms with Gasteiger partial charge < -0.3 is 4.74 Å². The summed E-state index contributed by atoms with van der Waals surface area (Å²) < 4.78 is 47.6. The van der Waals surface area contributed by atoms with Gasteiger partial charge in [0.05, 0.1) is 7.11 Å². The number of benzene rings is 2. The SMILES string of the molecule is CCCCC1=CCc2cc(-c3ccc(OC)c(F)c3F)c(F)cc2C1. The Morgan fingerprint density at radius 3 is 2.52 bits per heavy atom. The molecule has 132 valence electrons. The van der Waals surface area contributed by atoms with E-state index in [-0.39, 0.29) is 16.9 Å². The van der Waals surface area contributed by atoms with Gasteiger partial charge in [-0.25, -0.2) is 8.78 Å². The van der Waals surface area contributed by atoms with E-state index in [1.807, 2.05) is 0 Å². The van der Waals surface area contributed by atoms with Crippen LogP contribution in [0.4, 0.5) is 13.2 Å². The van der Waals surface area contributed by atoms with Crippen molar-refractivity contribution in [2.24, 2.45) is 0 Å². The summed E-state index contributed by atoms with van der Waals surface area (Å²) in [5.74, 6) is -2.91. The summed E-state index contributed by atoms with van der Waals surface area (Å²) in [6, 6.07) is 5.77. The molecule has 0 fully saturated rings. The predicted molar refractivity (Wildman–Crippen MR) is 93.3 cm³/mol. The van der Waals surface area contributed by atoms with Crippen molar-refractivity contribution in [3.8, 4) is 16.9 Å². The van der Waals surface area contributed by atoms with Gasteiger partial charge in [0.15, 0.2) is 11.6 Å². The molecule has 0 atom stereocenters. The molecule has 0 saturated carbocycles. The van der Waals surface area contributed by atoms with Crippen LogP contribution in [-0.2, 0) is 12.8 Å². The molecule has 0 spiro atoms. The summed E-state index contributed by atoms with van der Waals surface area (Å²) in [4.78, 5) is 0. The van der Waals surface area contributed by atoms with E-state index < -0.39 is 17.5 Å². The van der Waals surface area contributed by atoms with E-state index in [9.17, 15) is 13.2 Å². The molecule has 2 aromatic rings. The van der Waals surface area contributed by atoms with Crippen molar-refractivity contribution in [1.82, 2.24) is 0 Å². The van der Waals surface area contributed by atoms with E-state index in [1.165, 1.54) is 30.9 Å². The van der Waals surface area contributed by atoms with Crippen molar-refractivity contribution in [2.45, 2.75) is 39.0 Å². The summed E-state index contributed by atoms with van der Waals surface area (Å²) >= 11 is 0. The van der Waals surface area contributed by atoms with Gasteiger partial charge in [0.2, 0.25) is 5.82 Å². The first-order valence-corrected chi connectivity index (χ1v) is 8.56. The molecule has 1 aliphatic rings. The molecule has 0 unspecified atom stereocenters. The lowest BCUT2D eigenvalue weighted by Gasteiger charge is -2.19. The maximum atomic E-state index is 14.6. The first-order valence-electron chi connectivity index (χ1n) is 8.56. The van der Waals surface area contributed by atoms with E-state index in [0.717, 1.165) is 36.8 Å². The minimum Gasteiger partial charge on any atom is -0.494 e. The smallest absolute Gasteiger partial charge is 0.201 e. The average molecular weight is 346 g/mol. The molecule has 0 N–H and O–H groups in total. The monoisotopic (exact) mass is 346 g/mol. The maximum Gasteiger partial charge on any atom is 0.201 e. The first-order chi connectivity index (χ1) is 12.0. The third kappa shape index (κ3) is 3.44. The van der Waals surface area contributed by atoms with Crippen molar-refractivity contribution in [2.75, 3.05) is 7.11 Å². The Bertz CT molecular complexity index is 824. The normalized spacial score (nSPS) is 13.4. The lowest BCUT2D eigenvalue weighted by molar-refractivity contribution is 0.372. The summed E-state index contributed by atoms with van der Waals surface area (Å²) in [6.45, 7) is 2.14. The highest BCUT2D eigenvalue weighted by molar-refractivity contribution is 5.68. The van der Waals surface area contributed by atoms with Crippen molar-refractivity contribution in [1.29, 1.82) is 0 Å². The highest BCUT2D eigenvalue weighted by atomic mass is 19.2. The van der Waals surface area contributed by atoms with Crippen LogP contribution in [0, 0.1) is 17.5 Å². The fourth-order valence-corrected chi connectivity index (χ4v) is 3.28. The van der Waals surface area contributed by atoms with Crippen LogP contribution >= 0.6 is 0 Å². The van der Waals surface area contributed by atoms with E-state index in [0.29, 0.717) is 6.42 Å². The fourth-order valence-electron chi connectivity index (χ4n) is 3.28.